The minimum Gasteiger partial charge on any atom is -0.444 e. The Morgan fingerprint density at radius 2 is 2.00 bits per heavy atom. The van der Waals surface area contributed by atoms with E-state index in [1.165, 1.54) is 0 Å². The van der Waals surface area contributed by atoms with Gasteiger partial charge in [0.25, 0.3) is 0 Å². The molecule has 1 aliphatic heterocycles. The molecule has 1 aromatic carbocycles. The molecule has 1 atom stereocenters. The summed E-state index contributed by atoms with van der Waals surface area (Å²) >= 11 is 0. The lowest BCUT2D eigenvalue weighted by Crippen LogP contribution is -2.57. The van der Waals surface area contributed by atoms with Crippen LogP contribution in [0.5, 0.6) is 0 Å². The number of hydrogen-bond acceptors (Lipinski definition) is 4. The summed E-state index contributed by atoms with van der Waals surface area (Å²) in [7, 11) is 0. The Hall–Kier alpha value is -2.55. The minimum absolute atomic E-state index is 0.0243. The van der Waals surface area contributed by atoms with Crippen molar-refractivity contribution in [2.24, 2.45) is 4.99 Å². The van der Waals surface area contributed by atoms with Gasteiger partial charge in [-0.1, -0.05) is 37.3 Å². The van der Waals surface area contributed by atoms with Crippen LogP contribution in [0.1, 0.15) is 39.7 Å². The van der Waals surface area contributed by atoms with Crippen LogP contribution in [0.15, 0.2) is 35.3 Å². The number of nitriles is 1. The predicted octanol–water partition coefficient (Wildman–Crippen LogP) is 3.25. The number of benzene rings is 1. The van der Waals surface area contributed by atoms with Crippen LogP contribution in [0.3, 0.4) is 0 Å². The van der Waals surface area contributed by atoms with Crippen molar-refractivity contribution in [3.8, 4) is 6.19 Å². The summed E-state index contributed by atoms with van der Waals surface area (Å²) in [6, 6.07) is 9.70. The van der Waals surface area contributed by atoms with E-state index in [0.29, 0.717) is 25.5 Å². The first kappa shape index (κ1) is 18.8. The van der Waals surface area contributed by atoms with Crippen LogP contribution < -0.4 is 0 Å². The van der Waals surface area contributed by atoms with Gasteiger partial charge in [-0.2, -0.15) is 10.3 Å². The summed E-state index contributed by atoms with van der Waals surface area (Å²) in [5.41, 5.74) is 0.397. The molecule has 25 heavy (non-hydrogen) atoms. The van der Waals surface area contributed by atoms with Crippen molar-refractivity contribution in [2.75, 3.05) is 19.6 Å². The first-order valence-electron chi connectivity index (χ1n) is 8.62. The zero-order valence-corrected chi connectivity index (χ0v) is 15.4. The summed E-state index contributed by atoms with van der Waals surface area (Å²) < 4.78 is 5.52. The maximum atomic E-state index is 12.5. The zero-order valence-electron chi connectivity index (χ0n) is 15.4. The van der Waals surface area contributed by atoms with Gasteiger partial charge in [-0.05, 0) is 27.2 Å². The van der Waals surface area contributed by atoms with Gasteiger partial charge in [0, 0.05) is 25.2 Å². The van der Waals surface area contributed by atoms with Crippen LogP contribution in [0.4, 0.5) is 4.79 Å². The number of carbonyl (C=O) groups excluding carboxylic acids is 1. The molecule has 0 radical (unpaired) electrons. The quantitative estimate of drug-likeness (QED) is 0.470. The Morgan fingerprint density at radius 1 is 1.32 bits per heavy atom. The van der Waals surface area contributed by atoms with E-state index in [4.69, 9.17) is 10.00 Å². The molecule has 0 aliphatic carbocycles. The van der Waals surface area contributed by atoms with E-state index in [0.717, 1.165) is 12.0 Å². The lowest BCUT2D eigenvalue weighted by Gasteiger charge is -2.42. The van der Waals surface area contributed by atoms with Gasteiger partial charge >= 0.3 is 6.09 Å². The highest BCUT2D eigenvalue weighted by molar-refractivity contribution is 5.99. The van der Waals surface area contributed by atoms with E-state index < -0.39 is 5.60 Å². The summed E-state index contributed by atoms with van der Waals surface area (Å²) in [4.78, 5) is 20.4. The molecular weight excluding hydrogens is 316 g/mol. The average molecular weight is 342 g/mol. The highest BCUT2D eigenvalue weighted by Crippen LogP contribution is 2.19. The van der Waals surface area contributed by atoms with Crippen molar-refractivity contribution in [1.82, 2.24) is 9.80 Å². The number of hydrogen-bond donors (Lipinski definition) is 0. The lowest BCUT2D eigenvalue weighted by molar-refractivity contribution is 0.00479. The second-order valence-corrected chi connectivity index (χ2v) is 7.08. The monoisotopic (exact) mass is 342 g/mol. The van der Waals surface area contributed by atoms with Gasteiger partial charge in [0.05, 0.1) is 6.04 Å². The molecule has 0 unspecified atom stereocenters. The Morgan fingerprint density at radius 3 is 2.56 bits per heavy atom. The van der Waals surface area contributed by atoms with Crippen molar-refractivity contribution >= 4 is 11.9 Å². The number of piperazine rings is 1. The third-order valence-corrected chi connectivity index (χ3v) is 4.07. The molecule has 1 saturated heterocycles. The predicted molar refractivity (Wildman–Crippen MR) is 97.2 cm³/mol. The minimum atomic E-state index is -0.510. The normalized spacial score (nSPS) is 18.7. The molecule has 0 saturated carbocycles. The maximum Gasteiger partial charge on any atom is 0.410 e. The van der Waals surface area contributed by atoms with Crippen LogP contribution in [0.25, 0.3) is 0 Å². The van der Waals surface area contributed by atoms with Crippen LogP contribution in [0, 0.1) is 11.5 Å². The molecule has 0 spiro atoms. The Labute approximate surface area is 149 Å². The Bertz CT molecular complexity index is 658. The molecule has 134 valence electrons. The number of amides is 1. The number of rotatable bonds is 2. The van der Waals surface area contributed by atoms with E-state index >= 15 is 0 Å². The van der Waals surface area contributed by atoms with Gasteiger partial charge in [-0.15, -0.1) is 0 Å². The molecule has 1 heterocycles. The molecule has 1 aliphatic rings. The second-order valence-electron chi connectivity index (χ2n) is 7.08. The SMILES string of the molecule is CC[C@@H]1CN(/C(=N/C#N)c2ccccc2)CCN1C(=O)OC(C)(C)C. The van der Waals surface area contributed by atoms with E-state index in [-0.39, 0.29) is 12.1 Å². The van der Waals surface area contributed by atoms with Crippen LogP contribution in [-0.4, -0.2) is 53.0 Å². The first-order valence-corrected chi connectivity index (χ1v) is 8.62. The molecule has 6 nitrogen and oxygen atoms in total. The fourth-order valence-corrected chi connectivity index (χ4v) is 2.91. The van der Waals surface area contributed by atoms with E-state index in [1.54, 1.807) is 4.90 Å². The fraction of sp³-hybridized carbons (Fsp3) is 0.526. The van der Waals surface area contributed by atoms with Crippen molar-refractivity contribution in [2.45, 2.75) is 45.8 Å². The van der Waals surface area contributed by atoms with Crippen molar-refractivity contribution in [3.63, 3.8) is 0 Å². The largest absolute Gasteiger partial charge is 0.444 e. The lowest BCUT2D eigenvalue weighted by atomic mass is 10.1. The average Bonchev–Trinajstić information content (AvgIpc) is 2.58. The molecule has 0 aromatic heterocycles. The number of nitrogens with zero attached hydrogens (tertiary/aromatic N) is 4. The Balaban J connectivity index is 2.16. The molecule has 0 N–H and O–H groups in total. The van der Waals surface area contributed by atoms with Gasteiger partial charge in [0.1, 0.15) is 11.4 Å². The highest BCUT2D eigenvalue weighted by Gasteiger charge is 2.33. The molecule has 0 bridgehead atoms. The highest BCUT2D eigenvalue weighted by atomic mass is 16.6. The molecule has 1 amide bonds. The number of aliphatic imine (C=N–C) groups is 1. The van der Waals surface area contributed by atoms with Gasteiger partial charge in [-0.25, -0.2) is 4.79 Å². The van der Waals surface area contributed by atoms with Gasteiger partial charge in [0.2, 0.25) is 6.19 Å². The zero-order chi connectivity index (χ0) is 18.4. The molecule has 1 aromatic rings. The number of amidine groups is 1. The summed E-state index contributed by atoms with van der Waals surface area (Å²) in [5.74, 6) is 0.658. The van der Waals surface area contributed by atoms with Crippen molar-refractivity contribution < 1.29 is 9.53 Å². The van der Waals surface area contributed by atoms with Crippen molar-refractivity contribution in [3.05, 3.63) is 35.9 Å². The van der Waals surface area contributed by atoms with Gasteiger partial charge in [-0.3, -0.25) is 0 Å². The molecular formula is C19H26N4O2. The van der Waals surface area contributed by atoms with E-state index in [2.05, 4.69) is 16.8 Å². The number of carbonyl (C=O) groups is 1. The topological polar surface area (TPSA) is 68.9 Å². The first-order chi connectivity index (χ1) is 11.9. The van der Waals surface area contributed by atoms with Gasteiger partial charge < -0.3 is 14.5 Å². The van der Waals surface area contributed by atoms with Crippen molar-refractivity contribution in [1.29, 1.82) is 5.26 Å². The fourth-order valence-electron chi connectivity index (χ4n) is 2.91. The van der Waals surface area contributed by atoms with E-state index in [9.17, 15) is 4.79 Å². The van der Waals surface area contributed by atoms with Crippen LogP contribution >= 0.6 is 0 Å². The standard InChI is InChI=1S/C19H26N4O2/c1-5-16-13-22(11-12-23(16)18(24)25-19(2,3)4)17(21-14-20)15-9-7-6-8-10-15/h6-10,16H,5,11-13H2,1-4H3/b21-17+/t16-/m1/s1. The summed E-state index contributed by atoms with van der Waals surface area (Å²) in [5, 5.41) is 9.07. The Kier molecular flexibility index (Phi) is 6.02. The van der Waals surface area contributed by atoms with Gasteiger partial charge in [0.15, 0.2) is 0 Å². The third kappa shape index (κ3) is 4.96. The molecule has 2 rings (SSSR count). The summed E-state index contributed by atoms with van der Waals surface area (Å²) in [6.45, 7) is 9.45. The van der Waals surface area contributed by atoms with E-state index in [1.807, 2.05) is 57.3 Å². The third-order valence-electron chi connectivity index (χ3n) is 4.07. The van der Waals surface area contributed by atoms with Crippen LogP contribution in [-0.2, 0) is 4.74 Å². The second kappa shape index (κ2) is 8.02. The maximum absolute atomic E-state index is 12.5. The number of ether oxygens (including phenoxy) is 1. The summed E-state index contributed by atoms with van der Waals surface area (Å²) in [6.07, 6.45) is 2.43. The van der Waals surface area contributed by atoms with Crippen LogP contribution in [0.2, 0.25) is 0 Å². The molecule has 6 heteroatoms. The smallest absolute Gasteiger partial charge is 0.410 e. The molecule has 1 fully saturated rings.